The molecule has 0 radical (unpaired) electrons. The molecule has 0 fully saturated rings. The van der Waals surface area contributed by atoms with Gasteiger partial charge in [0.2, 0.25) is 0 Å². The Kier molecular flexibility index (Phi) is 6.13. The van der Waals surface area contributed by atoms with Crippen molar-refractivity contribution in [3.05, 3.63) is 64.4 Å². The number of aliphatic hydroxyl groups is 1. The zero-order valence-corrected chi connectivity index (χ0v) is 12.8. The highest BCUT2D eigenvalue weighted by Gasteiger charge is 2.04. The summed E-state index contributed by atoms with van der Waals surface area (Å²) < 4.78 is 14.0. The summed E-state index contributed by atoms with van der Waals surface area (Å²) in [5.74, 6) is 5.90. The highest BCUT2D eigenvalue weighted by molar-refractivity contribution is 7.98. The van der Waals surface area contributed by atoms with Crippen LogP contribution in [0.3, 0.4) is 0 Å². The molecule has 1 nitrogen and oxygen atoms in total. The van der Waals surface area contributed by atoms with Crippen LogP contribution >= 0.6 is 23.4 Å². The fourth-order valence-electron chi connectivity index (χ4n) is 1.65. The van der Waals surface area contributed by atoms with E-state index in [0.29, 0.717) is 28.3 Å². The van der Waals surface area contributed by atoms with Crippen molar-refractivity contribution in [1.82, 2.24) is 0 Å². The van der Waals surface area contributed by atoms with Crippen LogP contribution in [0.25, 0.3) is 0 Å². The zero-order valence-electron chi connectivity index (χ0n) is 11.3. The second kappa shape index (κ2) is 8.09. The van der Waals surface area contributed by atoms with Gasteiger partial charge in [0.25, 0.3) is 0 Å². The monoisotopic (exact) mass is 320 g/mol. The third kappa shape index (κ3) is 5.09. The molecule has 0 aromatic heterocycles. The topological polar surface area (TPSA) is 20.2 Å². The number of hydrogen-bond acceptors (Lipinski definition) is 2. The molecule has 0 unspecified atom stereocenters. The minimum Gasteiger partial charge on any atom is -0.395 e. The molecule has 0 saturated heterocycles. The lowest BCUT2D eigenvalue weighted by atomic mass is 10.1. The van der Waals surface area contributed by atoms with Crippen LogP contribution in [-0.4, -0.2) is 11.7 Å². The molecule has 0 aliphatic rings. The minimum atomic E-state index is -0.257. The smallest absolute Gasteiger partial charge is 0.128 e. The molecule has 0 aliphatic carbocycles. The number of aliphatic hydroxyl groups excluding tert-OH is 1. The van der Waals surface area contributed by atoms with Crippen molar-refractivity contribution in [2.75, 3.05) is 6.61 Å². The van der Waals surface area contributed by atoms with Crippen LogP contribution in [0, 0.1) is 17.7 Å². The van der Waals surface area contributed by atoms with E-state index in [1.165, 1.54) is 6.07 Å². The van der Waals surface area contributed by atoms with Gasteiger partial charge in [-0.3, -0.25) is 0 Å². The first-order chi connectivity index (χ1) is 10.2. The van der Waals surface area contributed by atoms with E-state index in [9.17, 15) is 4.39 Å². The van der Waals surface area contributed by atoms with E-state index in [4.69, 9.17) is 16.7 Å². The van der Waals surface area contributed by atoms with Gasteiger partial charge in [0.1, 0.15) is 5.82 Å². The number of hydrogen-bond donors (Lipinski definition) is 1. The normalized spacial score (nSPS) is 10.0. The Morgan fingerprint density at radius 3 is 2.57 bits per heavy atom. The predicted octanol–water partition coefficient (Wildman–Crippen LogP) is 4.51. The summed E-state index contributed by atoms with van der Waals surface area (Å²) in [6.07, 6.45) is 0.399. The van der Waals surface area contributed by atoms with Crippen LogP contribution in [0.1, 0.15) is 17.5 Å². The van der Waals surface area contributed by atoms with Crippen molar-refractivity contribution in [3.8, 4) is 11.8 Å². The molecular weight excluding hydrogens is 307 g/mol. The van der Waals surface area contributed by atoms with Crippen LogP contribution in [-0.2, 0) is 5.75 Å². The Bertz CT molecular complexity index is 659. The van der Waals surface area contributed by atoms with Gasteiger partial charge in [0.05, 0.1) is 6.61 Å². The predicted molar refractivity (Wildman–Crippen MR) is 86.0 cm³/mol. The summed E-state index contributed by atoms with van der Waals surface area (Å²) in [6.45, 7) is 0.0191. The first-order valence-corrected chi connectivity index (χ1v) is 7.82. The zero-order chi connectivity index (χ0) is 15.1. The molecule has 2 aromatic carbocycles. The van der Waals surface area contributed by atoms with Gasteiger partial charge in [0.15, 0.2) is 0 Å². The van der Waals surface area contributed by atoms with Crippen LogP contribution in [0.4, 0.5) is 4.39 Å². The molecule has 0 amide bonds. The van der Waals surface area contributed by atoms with E-state index in [1.807, 2.05) is 24.3 Å². The third-order valence-electron chi connectivity index (χ3n) is 2.73. The second-order valence-electron chi connectivity index (χ2n) is 4.32. The molecule has 21 heavy (non-hydrogen) atoms. The fraction of sp³-hybridized carbons (Fsp3) is 0.176. The van der Waals surface area contributed by atoms with Gasteiger partial charge in [-0.2, -0.15) is 0 Å². The highest BCUT2D eigenvalue weighted by Crippen LogP contribution is 2.25. The molecule has 2 aromatic rings. The molecule has 0 aliphatic heterocycles. The summed E-state index contributed by atoms with van der Waals surface area (Å²) in [7, 11) is 0. The van der Waals surface area contributed by atoms with Gasteiger partial charge in [-0.15, -0.1) is 11.8 Å². The third-order valence-corrected chi connectivity index (χ3v) is 4.04. The van der Waals surface area contributed by atoms with Crippen molar-refractivity contribution < 1.29 is 9.50 Å². The Balaban J connectivity index is 2.01. The van der Waals surface area contributed by atoms with Crippen molar-refractivity contribution >= 4 is 23.4 Å². The largest absolute Gasteiger partial charge is 0.395 e. The highest BCUT2D eigenvalue weighted by atomic mass is 35.5. The number of thioether (sulfide) groups is 1. The first kappa shape index (κ1) is 15.9. The average Bonchev–Trinajstić information content (AvgIpc) is 2.48. The average molecular weight is 321 g/mol. The molecule has 4 heteroatoms. The molecule has 0 atom stereocenters. The molecule has 0 bridgehead atoms. The maximum Gasteiger partial charge on any atom is 0.128 e. The standard InChI is InChI=1S/C17H14ClFOS/c18-15-6-8-16(9-7-15)21-12-14-5-4-13(11-17(14)19)3-1-2-10-20/h4-9,11,20H,2,10,12H2. The van der Waals surface area contributed by atoms with Crippen LogP contribution in [0.5, 0.6) is 0 Å². The number of benzene rings is 2. The van der Waals surface area contributed by atoms with Crippen LogP contribution < -0.4 is 0 Å². The summed E-state index contributed by atoms with van der Waals surface area (Å²) in [5.41, 5.74) is 1.27. The van der Waals surface area contributed by atoms with Gasteiger partial charge in [-0.05, 0) is 42.0 Å². The minimum absolute atomic E-state index is 0.0191. The molecule has 1 N–H and O–H groups in total. The van der Waals surface area contributed by atoms with Crippen LogP contribution in [0.15, 0.2) is 47.4 Å². The van der Waals surface area contributed by atoms with E-state index >= 15 is 0 Å². The SMILES string of the molecule is OCCC#Cc1ccc(CSc2ccc(Cl)cc2)c(F)c1. The van der Waals surface area contributed by atoms with E-state index in [-0.39, 0.29) is 12.4 Å². The molecule has 108 valence electrons. The lowest BCUT2D eigenvalue weighted by molar-refractivity contribution is 0.305. The molecular formula is C17H14ClFOS. The van der Waals surface area contributed by atoms with E-state index in [1.54, 1.807) is 23.9 Å². The molecule has 0 spiro atoms. The van der Waals surface area contributed by atoms with Gasteiger partial charge >= 0.3 is 0 Å². The Labute approximate surface area is 133 Å². The lowest BCUT2D eigenvalue weighted by Gasteiger charge is -2.04. The number of rotatable bonds is 4. The van der Waals surface area contributed by atoms with Crippen molar-refractivity contribution in [2.24, 2.45) is 0 Å². The van der Waals surface area contributed by atoms with Crippen molar-refractivity contribution in [2.45, 2.75) is 17.1 Å². The Morgan fingerprint density at radius 2 is 1.90 bits per heavy atom. The second-order valence-corrected chi connectivity index (χ2v) is 5.81. The van der Waals surface area contributed by atoms with Gasteiger partial charge in [-0.25, -0.2) is 4.39 Å². The van der Waals surface area contributed by atoms with Gasteiger partial charge in [-0.1, -0.05) is 29.5 Å². The molecule has 2 rings (SSSR count). The van der Waals surface area contributed by atoms with E-state index in [2.05, 4.69) is 11.8 Å². The van der Waals surface area contributed by atoms with Crippen LogP contribution in [0.2, 0.25) is 5.02 Å². The quantitative estimate of drug-likeness (QED) is 0.661. The van der Waals surface area contributed by atoms with Crippen molar-refractivity contribution in [1.29, 1.82) is 0 Å². The number of halogens is 2. The Hall–Kier alpha value is -1.47. The summed E-state index contributed by atoms with van der Waals surface area (Å²) in [5, 5.41) is 9.34. The molecule has 0 heterocycles. The summed E-state index contributed by atoms with van der Waals surface area (Å²) in [4.78, 5) is 1.05. The van der Waals surface area contributed by atoms with E-state index < -0.39 is 0 Å². The van der Waals surface area contributed by atoms with Gasteiger partial charge < -0.3 is 5.11 Å². The summed E-state index contributed by atoms with van der Waals surface area (Å²) in [6, 6.07) is 12.5. The molecule has 0 saturated carbocycles. The summed E-state index contributed by atoms with van der Waals surface area (Å²) >= 11 is 7.38. The maximum atomic E-state index is 14.0. The Morgan fingerprint density at radius 1 is 1.14 bits per heavy atom. The lowest BCUT2D eigenvalue weighted by Crippen LogP contribution is -1.89. The van der Waals surface area contributed by atoms with Crippen molar-refractivity contribution in [3.63, 3.8) is 0 Å². The first-order valence-electron chi connectivity index (χ1n) is 6.45. The van der Waals surface area contributed by atoms with E-state index in [0.717, 1.165) is 4.90 Å². The fourth-order valence-corrected chi connectivity index (χ4v) is 2.67. The maximum absolute atomic E-state index is 14.0. The van der Waals surface area contributed by atoms with Gasteiger partial charge in [0, 0.05) is 27.7 Å².